The van der Waals surface area contributed by atoms with Gasteiger partial charge in [0.25, 0.3) is 0 Å². The van der Waals surface area contributed by atoms with Gasteiger partial charge in [-0.3, -0.25) is 5.32 Å². The molecule has 1 saturated heterocycles. The molecule has 1 aliphatic rings. The van der Waals surface area contributed by atoms with Gasteiger partial charge in [-0.25, -0.2) is 0 Å². The molecule has 0 saturated carbocycles. The van der Waals surface area contributed by atoms with E-state index in [0.717, 1.165) is 26.2 Å². The first-order valence-electron chi connectivity index (χ1n) is 3.83. The highest BCUT2D eigenvalue weighted by Gasteiger charge is 2.12. The lowest BCUT2D eigenvalue weighted by atomic mass is 10.2. The number of hydrogen-bond donors (Lipinski definition) is 1. The van der Waals surface area contributed by atoms with Gasteiger partial charge >= 0.3 is 0 Å². The van der Waals surface area contributed by atoms with Gasteiger partial charge in [-0.2, -0.15) is 0 Å². The third kappa shape index (κ3) is 2.64. The molecule has 3 nitrogen and oxygen atoms in total. The third-order valence-corrected chi connectivity index (χ3v) is 1.57. The summed E-state index contributed by atoms with van der Waals surface area (Å²) < 4.78 is 10.6. The fraction of sp³-hybridized carbons (Fsp3) is 1.00. The van der Waals surface area contributed by atoms with E-state index in [1.807, 2.05) is 6.92 Å². The first-order valence-corrected chi connectivity index (χ1v) is 3.83. The summed E-state index contributed by atoms with van der Waals surface area (Å²) in [7, 11) is 0. The average molecular weight is 145 g/mol. The largest absolute Gasteiger partial charge is 0.379 e. The zero-order valence-corrected chi connectivity index (χ0v) is 6.43. The van der Waals surface area contributed by atoms with Gasteiger partial charge in [-0.1, -0.05) is 0 Å². The van der Waals surface area contributed by atoms with Crippen molar-refractivity contribution in [1.82, 2.24) is 5.32 Å². The summed E-state index contributed by atoms with van der Waals surface area (Å²) in [5.74, 6) is 0. The van der Waals surface area contributed by atoms with Gasteiger partial charge in [-0.05, 0) is 19.9 Å². The number of nitrogens with one attached hydrogen (secondary N) is 1. The first-order chi connectivity index (χ1) is 4.93. The molecule has 0 bridgehead atoms. The molecule has 0 spiro atoms. The van der Waals surface area contributed by atoms with E-state index in [4.69, 9.17) is 9.47 Å². The van der Waals surface area contributed by atoms with Crippen LogP contribution in [0.2, 0.25) is 0 Å². The third-order valence-electron chi connectivity index (χ3n) is 1.57. The molecule has 1 N–H and O–H groups in total. The van der Waals surface area contributed by atoms with Crippen molar-refractivity contribution in [2.75, 3.05) is 26.5 Å². The molecule has 1 heterocycles. The van der Waals surface area contributed by atoms with Crippen LogP contribution in [0.15, 0.2) is 0 Å². The van der Waals surface area contributed by atoms with Crippen LogP contribution < -0.4 is 5.32 Å². The van der Waals surface area contributed by atoms with Crippen LogP contribution in [0.5, 0.6) is 0 Å². The maximum Gasteiger partial charge on any atom is 0.0970 e. The monoisotopic (exact) mass is 145 g/mol. The van der Waals surface area contributed by atoms with Crippen molar-refractivity contribution < 1.29 is 9.47 Å². The lowest BCUT2D eigenvalue weighted by molar-refractivity contribution is -0.0435. The standard InChI is InChI=1S/C7H15NO2/c1-2-9-5-7-3-4-8-6-10-7/h7-8H,2-6H2,1H3. The fourth-order valence-corrected chi connectivity index (χ4v) is 0.976. The minimum absolute atomic E-state index is 0.321. The van der Waals surface area contributed by atoms with Crippen LogP contribution in [0.4, 0.5) is 0 Å². The summed E-state index contributed by atoms with van der Waals surface area (Å²) in [5.41, 5.74) is 0. The second-order valence-electron chi connectivity index (χ2n) is 2.38. The van der Waals surface area contributed by atoms with Crippen molar-refractivity contribution in [2.45, 2.75) is 19.4 Å². The molecule has 1 fully saturated rings. The van der Waals surface area contributed by atoms with Crippen molar-refractivity contribution in [3.8, 4) is 0 Å². The van der Waals surface area contributed by atoms with Gasteiger partial charge in [0, 0.05) is 6.61 Å². The maximum atomic E-state index is 5.34. The molecule has 60 valence electrons. The molecule has 1 atom stereocenters. The Hall–Kier alpha value is -0.120. The molecule has 0 aromatic heterocycles. The smallest absolute Gasteiger partial charge is 0.0970 e. The second-order valence-corrected chi connectivity index (χ2v) is 2.38. The van der Waals surface area contributed by atoms with Crippen molar-refractivity contribution >= 4 is 0 Å². The first kappa shape index (κ1) is 7.98. The SMILES string of the molecule is CCOCC1CCNCO1. The van der Waals surface area contributed by atoms with Crippen LogP contribution in [0.1, 0.15) is 13.3 Å². The van der Waals surface area contributed by atoms with E-state index < -0.39 is 0 Å². The summed E-state index contributed by atoms with van der Waals surface area (Å²) in [6, 6.07) is 0. The van der Waals surface area contributed by atoms with E-state index in [1.54, 1.807) is 0 Å². The molecule has 0 aromatic rings. The van der Waals surface area contributed by atoms with E-state index in [1.165, 1.54) is 0 Å². The van der Waals surface area contributed by atoms with Gasteiger partial charge in [0.2, 0.25) is 0 Å². The summed E-state index contributed by atoms with van der Waals surface area (Å²) in [6.07, 6.45) is 1.39. The second kappa shape index (κ2) is 4.66. The Kier molecular flexibility index (Phi) is 3.72. The van der Waals surface area contributed by atoms with E-state index in [2.05, 4.69) is 5.32 Å². The van der Waals surface area contributed by atoms with E-state index in [-0.39, 0.29) is 0 Å². The quantitative estimate of drug-likeness (QED) is 0.622. The predicted molar refractivity (Wildman–Crippen MR) is 38.9 cm³/mol. The van der Waals surface area contributed by atoms with Crippen LogP contribution in [0.3, 0.4) is 0 Å². The van der Waals surface area contributed by atoms with E-state index >= 15 is 0 Å². The van der Waals surface area contributed by atoms with Crippen LogP contribution in [0.25, 0.3) is 0 Å². The Morgan fingerprint density at radius 1 is 1.70 bits per heavy atom. The minimum atomic E-state index is 0.321. The van der Waals surface area contributed by atoms with E-state index in [9.17, 15) is 0 Å². The van der Waals surface area contributed by atoms with Crippen LogP contribution >= 0.6 is 0 Å². The van der Waals surface area contributed by atoms with Crippen LogP contribution in [-0.4, -0.2) is 32.6 Å². The molecule has 0 radical (unpaired) electrons. The van der Waals surface area contributed by atoms with Crippen molar-refractivity contribution in [3.63, 3.8) is 0 Å². The van der Waals surface area contributed by atoms with Gasteiger partial charge in [0.05, 0.1) is 19.4 Å². The molecule has 3 heteroatoms. The van der Waals surface area contributed by atoms with Crippen molar-refractivity contribution in [2.24, 2.45) is 0 Å². The summed E-state index contributed by atoms with van der Waals surface area (Å²) in [6.45, 7) is 5.27. The molecule has 10 heavy (non-hydrogen) atoms. The van der Waals surface area contributed by atoms with E-state index in [0.29, 0.717) is 12.8 Å². The highest BCUT2D eigenvalue weighted by atomic mass is 16.5. The maximum absolute atomic E-state index is 5.34. The molecule has 1 aliphatic heterocycles. The van der Waals surface area contributed by atoms with Gasteiger partial charge in [0.1, 0.15) is 0 Å². The predicted octanol–water partition coefficient (Wildman–Crippen LogP) is 0.359. The molecule has 0 aliphatic carbocycles. The highest BCUT2D eigenvalue weighted by molar-refractivity contribution is 4.62. The molecule has 1 rings (SSSR count). The molecular formula is C7H15NO2. The number of ether oxygens (including phenoxy) is 2. The number of rotatable bonds is 3. The molecule has 0 aromatic carbocycles. The summed E-state index contributed by atoms with van der Waals surface area (Å²) in [5, 5.41) is 3.11. The zero-order chi connectivity index (χ0) is 7.23. The zero-order valence-electron chi connectivity index (χ0n) is 6.43. The lowest BCUT2D eigenvalue weighted by Gasteiger charge is -2.22. The fourth-order valence-electron chi connectivity index (χ4n) is 0.976. The average Bonchev–Trinajstić information content (AvgIpc) is 2.03. The molecule has 1 unspecified atom stereocenters. The topological polar surface area (TPSA) is 30.5 Å². The minimum Gasteiger partial charge on any atom is -0.379 e. The van der Waals surface area contributed by atoms with Crippen molar-refractivity contribution in [3.05, 3.63) is 0 Å². The Morgan fingerprint density at radius 2 is 2.60 bits per heavy atom. The van der Waals surface area contributed by atoms with Crippen LogP contribution in [-0.2, 0) is 9.47 Å². The molecule has 0 amide bonds. The van der Waals surface area contributed by atoms with Gasteiger partial charge in [-0.15, -0.1) is 0 Å². The Labute approximate surface area is 61.7 Å². The summed E-state index contributed by atoms with van der Waals surface area (Å²) >= 11 is 0. The van der Waals surface area contributed by atoms with Crippen molar-refractivity contribution in [1.29, 1.82) is 0 Å². The van der Waals surface area contributed by atoms with Gasteiger partial charge in [0.15, 0.2) is 0 Å². The molecular weight excluding hydrogens is 130 g/mol. The summed E-state index contributed by atoms with van der Waals surface area (Å²) in [4.78, 5) is 0. The van der Waals surface area contributed by atoms with Gasteiger partial charge < -0.3 is 9.47 Å². The Morgan fingerprint density at radius 3 is 3.20 bits per heavy atom. The number of hydrogen-bond acceptors (Lipinski definition) is 3. The lowest BCUT2D eigenvalue weighted by Crippen LogP contribution is -2.35. The Bertz CT molecular complexity index is 81.7. The normalized spacial score (nSPS) is 26.7. The highest BCUT2D eigenvalue weighted by Crippen LogP contribution is 2.01. The Balaban J connectivity index is 2.02. The van der Waals surface area contributed by atoms with Crippen LogP contribution in [0, 0.1) is 0 Å².